The monoisotopic (exact) mass is 788 g/mol. The molecule has 6 rings (SSSR count). The number of imidazole rings is 2. The summed E-state index contributed by atoms with van der Waals surface area (Å²) in [5, 5.41) is 8.57. The number of hydrogen-bond acceptors (Lipinski definition) is 12. The quantitative estimate of drug-likeness (QED) is 0.109. The Kier molecular flexibility index (Phi) is 12.4. The van der Waals surface area contributed by atoms with Gasteiger partial charge in [-0.3, -0.25) is 14.4 Å². The minimum atomic E-state index is -0.766. The SMILES string of the molecule is COC(=O)N[C@H](C(=O)N1CCC[C@H]1c1ncc(C(=O)c2scnc2Nc2ccc(-c3cnc([C@@H]4CCCN4C(=O)[C@@H](NC(=O)OC)C(C)C)[nH]3)cc2)[nH]1)C(C)C. The standard InChI is InChI=1S/C38H48N10O7S/c1-20(2)28(45-37(52)54-5)35(50)47-15-7-9-26(47)32-39-17-24(43-32)22-11-13-23(14-12-22)42-34-31(56-19-41-34)30(49)25-18-40-33(44-25)27-10-8-16-48(27)36(51)29(21(3)4)46-38(53)55-6/h11-14,17-21,26-29,42H,7-10,15-16H2,1-6H3,(H,39,43)(H,40,44)(H,45,52)(H,46,53)/t26-,27-,28-,29-/m0/s1. The van der Waals surface area contributed by atoms with Crippen LogP contribution in [-0.2, 0) is 19.1 Å². The Balaban J connectivity index is 1.10. The second-order valence-electron chi connectivity index (χ2n) is 14.5. The predicted octanol–water partition coefficient (Wildman–Crippen LogP) is 5.32. The van der Waals surface area contributed by atoms with Crippen LogP contribution < -0.4 is 16.0 Å². The van der Waals surface area contributed by atoms with Gasteiger partial charge < -0.3 is 45.2 Å². The molecular weight excluding hydrogens is 741 g/mol. The van der Waals surface area contributed by atoms with Gasteiger partial charge >= 0.3 is 12.2 Å². The molecular formula is C38H48N10O7S. The number of benzene rings is 1. The summed E-state index contributed by atoms with van der Waals surface area (Å²) < 4.78 is 9.47. The average Bonchev–Trinajstić information content (AvgIpc) is 4.04. The molecule has 18 heteroatoms. The first kappa shape index (κ1) is 39.9. The van der Waals surface area contributed by atoms with Crippen LogP contribution in [0.1, 0.15) is 92.5 Å². The van der Waals surface area contributed by atoms with E-state index in [-0.39, 0.29) is 47.2 Å². The van der Waals surface area contributed by atoms with E-state index >= 15 is 0 Å². The molecule has 2 aliphatic heterocycles. The lowest BCUT2D eigenvalue weighted by atomic mass is 10.0. The van der Waals surface area contributed by atoms with Crippen LogP contribution in [0.3, 0.4) is 0 Å². The molecule has 4 atom stereocenters. The van der Waals surface area contributed by atoms with E-state index in [0.29, 0.717) is 47.5 Å². The lowest BCUT2D eigenvalue weighted by Gasteiger charge is -2.30. The maximum Gasteiger partial charge on any atom is 0.407 e. The number of aromatic amines is 2. The van der Waals surface area contributed by atoms with Gasteiger partial charge in [0.15, 0.2) is 5.82 Å². The van der Waals surface area contributed by atoms with Crippen molar-refractivity contribution < 1.29 is 33.4 Å². The van der Waals surface area contributed by atoms with Crippen molar-refractivity contribution in [3.05, 3.63) is 64.4 Å². The lowest BCUT2D eigenvalue weighted by molar-refractivity contribution is -0.136. The van der Waals surface area contributed by atoms with Gasteiger partial charge in [0.25, 0.3) is 0 Å². The van der Waals surface area contributed by atoms with E-state index in [1.165, 1.54) is 31.8 Å². The minimum Gasteiger partial charge on any atom is -0.453 e. The van der Waals surface area contributed by atoms with Gasteiger partial charge in [-0.25, -0.2) is 24.5 Å². The van der Waals surface area contributed by atoms with E-state index in [2.05, 4.69) is 40.9 Å². The van der Waals surface area contributed by atoms with Gasteiger partial charge in [-0.05, 0) is 55.2 Å². The molecule has 4 amide bonds. The summed E-state index contributed by atoms with van der Waals surface area (Å²) in [5.41, 5.74) is 4.23. The molecule has 2 fully saturated rings. The zero-order valence-electron chi connectivity index (χ0n) is 32.3. The Morgan fingerprint density at radius 3 is 1.84 bits per heavy atom. The molecule has 17 nitrogen and oxygen atoms in total. The zero-order chi connectivity index (χ0) is 40.1. The number of ether oxygens (including phenoxy) is 2. The van der Waals surface area contributed by atoms with Crippen LogP contribution in [0.15, 0.2) is 42.2 Å². The average molecular weight is 789 g/mol. The Labute approximate surface area is 328 Å². The van der Waals surface area contributed by atoms with Crippen molar-refractivity contribution in [1.82, 2.24) is 45.4 Å². The van der Waals surface area contributed by atoms with Crippen molar-refractivity contribution in [1.29, 1.82) is 0 Å². The lowest BCUT2D eigenvalue weighted by Crippen LogP contribution is -2.51. The Hall–Kier alpha value is -5.78. The largest absolute Gasteiger partial charge is 0.453 e. The Bertz CT molecular complexity index is 2040. The Morgan fingerprint density at radius 2 is 1.30 bits per heavy atom. The van der Waals surface area contributed by atoms with Gasteiger partial charge in [0.05, 0.1) is 49.9 Å². The van der Waals surface area contributed by atoms with Crippen LogP contribution in [-0.4, -0.2) is 104 Å². The Morgan fingerprint density at radius 1 is 0.768 bits per heavy atom. The molecule has 5 heterocycles. The molecule has 56 heavy (non-hydrogen) atoms. The summed E-state index contributed by atoms with van der Waals surface area (Å²) in [6.07, 6.45) is 4.86. The summed E-state index contributed by atoms with van der Waals surface area (Å²) in [6.45, 7) is 8.52. The molecule has 0 saturated carbocycles. The first-order valence-electron chi connectivity index (χ1n) is 18.7. The van der Waals surface area contributed by atoms with Crippen LogP contribution >= 0.6 is 11.3 Å². The molecule has 0 unspecified atom stereocenters. The van der Waals surface area contributed by atoms with E-state index in [1.807, 2.05) is 52.0 Å². The minimum absolute atomic E-state index is 0.131. The molecule has 0 aliphatic carbocycles. The second kappa shape index (κ2) is 17.3. The number of methoxy groups -OCH3 is 2. The molecule has 4 aromatic rings. The predicted molar refractivity (Wildman–Crippen MR) is 207 cm³/mol. The number of amides is 4. The number of hydrogen-bond donors (Lipinski definition) is 5. The normalized spacial score (nSPS) is 17.9. The van der Waals surface area contributed by atoms with Crippen molar-refractivity contribution in [3.63, 3.8) is 0 Å². The van der Waals surface area contributed by atoms with E-state index in [1.54, 1.807) is 21.5 Å². The number of alkyl carbamates (subject to hydrolysis) is 2. The molecule has 3 aromatic heterocycles. The van der Waals surface area contributed by atoms with Gasteiger partial charge in [-0.15, -0.1) is 11.3 Å². The van der Waals surface area contributed by atoms with Crippen molar-refractivity contribution in [3.8, 4) is 11.3 Å². The molecule has 5 N–H and O–H groups in total. The van der Waals surface area contributed by atoms with Crippen molar-refractivity contribution in [2.75, 3.05) is 32.6 Å². The van der Waals surface area contributed by atoms with Gasteiger partial charge in [0.1, 0.15) is 34.3 Å². The number of H-pyrrole nitrogens is 2. The highest BCUT2D eigenvalue weighted by molar-refractivity contribution is 7.12. The summed E-state index contributed by atoms with van der Waals surface area (Å²) in [6, 6.07) is 5.47. The van der Waals surface area contributed by atoms with Crippen LogP contribution in [0.4, 0.5) is 21.1 Å². The highest BCUT2D eigenvalue weighted by atomic mass is 32.1. The molecule has 0 bridgehead atoms. The third-order valence-corrected chi connectivity index (χ3v) is 11.0. The maximum absolute atomic E-state index is 13.7. The molecule has 2 aliphatic rings. The summed E-state index contributed by atoms with van der Waals surface area (Å²) >= 11 is 1.20. The second-order valence-corrected chi connectivity index (χ2v) is 15.4. The van der Waals surface area contributed by atoms with Gasteiger partial charge in [-0.1, -0.05) is 39.8 Å². The highest BCUT2D eigenvalue weighted by Crippen LogP contribution is 2.35. The fourth-order valence-corrected chi connectivity index (χ4v) is 7.84. The van der Waals surface area contributed by atoms with Crippen LogP contribution in [0.25, 0.3) is 11.3 Å². The number of likely N-dealkylation sites (tertiary alicyclic amines) is 2. The van der Waals surface area contributed by atoms with Crippen LogP contribution in [0.5, 0.6) is 0 Å². The smallest absolute Gasteiger partial charge is 0.407 e. The van der Waals surface area contributed by atoms with E-state index in [0.717, 1.165) is 30.5 Å². The molecule has 2 saturated heterocycles. The van der Waals surface area contributed by atoms with E-state index < -0.39 is 24.3 Å². The number of aromatic nitrogens is 5. The van der Waals surface area contributed by atoms with E-state index in [4.69, 9.17) is 9.47 Å². The number of carbonyl (C=O) groups is 5. The molecule has 298 valence electrons. The van der Waals surface area contributed by atoms with Gasteiger partial charge in [0.2, 0.25) is 17.6 Å². The summed E-state index contributed by atoms with van der Waals surface area (Å²) in [4.78, 5) is 88.6. The highest BCUT2D eigenvalue weighted by Gasteiger charge is 2.39. The van der Waals surface area contributed by atoms with Crippen molar-refractivity contribution >= 4 is 52.6 Å². The van der Waals surface area contributed by atoms with Crippen molar-refractivity contribution in [2.24, 2.45) is 11.8 Å². The third-order valence-electron chi connectivity index (χ3n) is 10.2. The molecule has 0 radical (unpaired) electrons. The van der Waals surface area contributed by atoms with Gasteiger partial charge in [0, 0.05) is 18.8 Å². The number of ketones is 1. The summed E-state index contributed by atoms with van der Waals surface area (Å²) in [7, 11) is 2.53. The van der Waals surface area contributed by atoms with Gasteiger partial charge in [-0.2, -0.15) is 0 Å². The first-order valence-corrected chi connectivity index (χ1v) is 19.5. The fraction of sp³-hybridized carbons (Fsp3) is 0.474. The topological polar surface area (TPSA) is 217 Å². The number of carbonyl (C=O) groups excluding carboxylic acids is 5. The first-order chi connectivity index (χ1) is 26.9. The molecule has 0 spiro atoms. The number of anilines is 2. The molecule has 1 aromatic carbocycles. The summed E-state index contributed by atoms with van der Waals surface area (Å²) in [5.74, 6) is 0.565. The fourth-order valence-electron chi connectivity index (χ4n) is 7.15. The number of nitrogens with one attached hydrogen (secondary N) is 5. The van der Waals surface area contributed by atoms with Crippen molar-refractivity contribution in [2.45, 2.75) is 77.5 Å². The van der Waals surface area contributed by atoms with Crippen LogP contribution in [0.2, 0.25) is 0 Å². The number of nitrogens with zero attached hydrogens (tertiary/aromatic N) is 5. The third kappa shape index (κ3) is 8.54. The number of thiazole rings is 1. The zero-order valence-corrected chi connectivity index (χ0v) is 33.1. The number of rotatable bonds is 13. The van der Waals surface area contributed by atoms with Crippen LogP contribution in [0, 0.1) is 11.8 Å². The maximum atomic E-state index is 13.7. The van der Waals surface area contributed by atoms with E-state index in [9.17, 15) is 24.0 Å².